The molecule has 0 atom stereocenters. The first-order valence-corrected chi connectivity index (χ1v) is 6.69. The second kappa shape index (κ2) is 8.11. The summed E-state index contributed by atoms with van der Waals surface area (Å²) in [5.41, 5.74) is 1.32. The molecule has 1 aromatic carbocycles. The molecule has 1 aliphatic carbocycles. The Kier molecular flexibility index (Phi) is 6.80. The van der Waals surface area contributed by atoms with Gasteiger partial charge in [0.25, 0.3) is 0 Å². The third kappa shape index (κ3) is 4.38. The van der Waals surface area contributed by atoms with Crippen molar-refractivity contribution in [3.05, 3.63) is 42.0 Å². The van der Waals surface area contributed by atoms with E-state index in [2.05, 4.69) is 6.58 Å². The molecule has 0 unspecified atom stereocenters. The van der Waals surface area contributed by atoms with Crippen molar-refractivity contribution in [2.24, 2.45) is 5.92 Å². The van der Waals surface area contributed by atoms with E-state index in [0.29, 0.717) is 5.56 Å². The quantitative estimate of drug-likeness (QED) is 0.485. The van der Waals surface area contributed by atoms with E-state index in [9.17, 15) is 9.59 Å². The summed E-state index contributed by atoms with van der Waals surface area (Å²) >= 11 is 0. The standard InChI is InChI=1S/C16H18O3.Zn/c1-2-12-8-10-14(11-9-12)16(18)19-15(17)13-6-4-3-5-7-13;/h2,8-11,13H,1,3-7H2;. The van der Waals surface area contributed by atoms with Gasteiger partial charge in [-0.3, -0.25) is 4.79 Å². The van der Waals surface area contributed by atoms with Gasteiger partial charge in [-0.15, -0.1) is 0 Å². The number of carbonyl (C=O) groups excluding carboxylic acids is 2. The Labute approximate surface area is 132 Å². The molecule has 1 fully saturated rings. The molecule has 0 N–H and O–H groups in total. The average molecular weight is 324 g/mol. The van der Waals surface area contributed by atoms with Crippen LogP contribution in [0.5, 0.6) is 0 Å². The van der Waals surface area contributed by atoms with Crippen LogP contribution in [0.4, 0.5) is 0 Å². The van der Waals surface area contributed by atoms with Crippen LogP contribution in [-0.4, -0.2) is 11.9 Å². The number of hydrogen-bond acceptors (Lipinski definition) is 3. The van der Waals surface area contributed by atoms with Crippen molar-refractivity contribution < 1.29 is 33.8 Å². The maximum atomic E-state index is 11.8. The van der Waals surface area contributed by atoms with Crippen molar-refractivity contribution in [2.75, 3.05) is 0 Å². The van der Waals surface area contributed by atoms with E-state index < -0.39 is 5.97 Å². The van der Waals surface area contributed by atoms with Gasteiger partial charge in [0.15, 0.2) is 0 Å². The van der Waals surface area contributed by atoms with E-state index in [1.54, 1.807) is 30.3 Å². The van der Waals surface area contributed by atoms with Gasteiger partial charge in [0, 0.05) is 19.5 Å². The average Bonchev–Trinajstić information content (AvgIpc) is 2.48. The molecular weight excluding hydrogens is 306 g/mol. The van der Waals surface area contributed by atoms with Gasteiger partial charge in [-0.25, -0.2) is 4.79 Å². The molecule has 1 saturated carbocycles. The summed E-state index contributed by atoms with van der Waals surface area (Å²) in [6, 6.07) is 6.84. The summed E-state index contributed by atoms with van der Waals surface area (Å²) in [6.07, 6.45) is 6.62. The van der Waals surface area contributed by atoms with Gasteiger partial charge in [0.05, 0.1) is 11.5 Å². The van der Waals surface area contributed by atoms with Crippen LogP contribution in [0.2, 0.25) is 0 Å². The largest absolute Gasteiger partial charge is 0.389 e. The predicted octanol–water partition coefficient (Wildman–Crippen LogP) is 3.59. The number of esters is 2. The minimum Gasteiger partial charge on any atom is -0.389 e. The van der Waals surface area contributed by atoms with Gasteiger partial charge in [-0.05, 0) is 30.5 Å². The fraction of sp³-hybridized carbons (Fsp3) is 0.375. The fourth-order valence-corrected chi connectivity index (χ4v) is 2.33. The van der Waals surface area contributed by atoms with Crippen molar-refractivity contribution in [1.29, 1.82) is 0 Å². The monoisotopic (exact) mass is 322 g/mol. The zero-order valence-electron chi connectivity index (χ0n) is 11.6. The van der Waals surface area contributed by atoms with Crippen molar-refractivity contribution >= 4 is 18.0 Å². The molecule has 20 heavy (non-hydrogen) atoms. The van der Waals surface area contributed by atoms with E-state index in [1.807, 2.05) is 0 Å². The number of benzene rings is 1. The summed E-state index contributed by atoms with van der Waals surface area (Å²) < 4.78 is 4.95. The summed E-state index contributed by atoms with van der Waals surface area (Å²) in [6.45, 7) is 3.64. The second-order valence-corrected chi connectivity index (χ2v) is 4.87. The topological polar surface area (TPSA) is 43.4 Å². The Bertz CT molecular complexity index is 473. The first kappa shape index (κ1) is 16.8. The van der Waals surface area contributed by atoms with Gasteiger partial charge in [0.1, 0.15) is 0 Å². The number of ether oxygens (including phenoxy) is 1. The summed E-state index contributed by atoms with van der Waals surface area (Å²) in [4.78, 5) is 23.7. The Morgan fingerprint density at radius 3 is 2.25 bits per heavy atom. The van der Waals surface area contributed by atoms with Crippen LogP contribution in [0, 0.1) is 5.92 Å². The van der Waals surface area contributed by atoms with Crippen LogP contribution < -0.4 is 0 Å². The van der Waals surface area contributed by atoms with Crippen molar-refractivity contribution in [2.45, 2.75) is 32.1 Å². The first-order chi connectivity index (χ1) is 9.20. The van der Waals surface area contributed by atoms with Gasteiger partial charge in [-0.1, -0.05) is 44.1 Å². The predicted molar refractivity (Wildman–Crippen MR) is 73.5 cm³/mol. The Balaban J connectivity index is 0.00000200. The summed E-state index contributed by atoms with van der Waals surface area (Å²) in [7, 11) is 0. The number of rotatable bonds is 3. The van der Waals surface area contributed by atoms with Crippen LogP contribution in [0.15, 0.2) is 30.8 Å². The second-order valence-electron chi connectivity index (χ2n) is 4.87. The van der Waals surface area contributed by atoms with Crippen LogP contribution in [0.3, 0.4) is 0 Å². The molecule has 102 valence electrons. The summed E-state index contributed by atoms with van der Waals surface area (Å²) in [5, 5.41) is 0. The van der Waals surface area contributed by atoms with Crippen molar-refractivity contribution in [3.8, 4) is 0 Å². The molecule has 1 aliphatic rings. The van der Waals surface area contributed by atoms with E-state index in [4.69, 9.17) is 4.74 Å². The zero-order chi connectivity index (χ0) is 13.7. The van der Waals surface area contributed by atoms with Crippen LogP contribution >= 0.6 is 0 Å². The van der Waals surface area contributed by atoms with E-state index in [1.165, 1.54) is 6.42 Å². The number of carbonyl (C=O) groups is 2. The van der Waals surface area contributed by atoms with Gasteiger partial charge >= 0.3 is 11.9 Å². The maximum Gasteiger partial charge on any atom is 0.345 e. The van der Waals surface area contributed by atoms with Crippen molar-refractivity contribution in [3.63, 3.8) is 0 Å². The zero-order valence-corrected chi connectivity index (χ0v) is 14.6. The summed E-state index contributed by atoms with van der Waals surface area (Å²) in [5.74, 6) is -1.05. The molecule has 0 saturated heterocycles. The minimum atomic E-state index is -0.564. The molecule has 0 aliphatic heterocycles. The molecule has 1 aromatic rings. The van der Waals surface area contributed by atoms with E-state index >= 15 is 0 Å². The van der Waals surface area contributed by atoms with E-state index in [-0.39, 0.29) is 31.4 Å². The van der Waals surface area contributed by atoms with Crippen molar-refractivity contribution in [1.82, 2.24) is 0 Å². The molecule has 0 aromatic heterocycles. The molecule has 0 radical (unpaired) electrons. The van der Waals surface area contributed by atoms with Gasteiger partial charge < -0.3 is 4.74 Å². The van der Waals surface area contributed by atoms with Crippen LogP contribution in [0.1, 0.15) is 48.0 Å². The normalized spacial score (nSPS) is 15.0. The molecule has 0 heterocycles. The van der Waals surface area contributed by atoms with Crippen LogP contribution in [0.25, 0.3) is 6.08 Å². The molecular formula is C16H18O3Zn. The molecule has 0 bridgehead atoms. The Morgan fingerprint density at radius 2 is 1.70 bits per heavy atom. The van der Waals surface area contributed by atoms with Gasteiger partial charge in [-0.2, -0.15) is 0 Å². The molecule has 3 nitrogen and oxygen atoms in total. The van der Waals surface area contributed by atoms with E-state index in [0.717, 1.165) is 31.2 Å². The molecule has 2 rings (SSSR count). The Hall–Kier alpha value is -1.28. The van der Waals surface area contributed by atoms with Crippen LogP contribution in [-0.2, 0) is 29.0 Å². The minimum absolute atomic E-state index is 0. The number of hydrogen-bond donors (Lipinski definition) is 0. The molecule has 4 heteroatoms. The SMILES string of the molecule is C=Cc1ccc(C(=O)OC(=O)C2CCCCC2)cc1.[Zn]. The Morgan fingerprint density at radius 1 is 1.10 bits per heavy atom. The molecule has 0 spiro atoms. The first-order valence-electron chi connectivity index (χ1n) is 6.69. The van der Waals surface area contributed by atoms with Gasteiger partial charge in [0.2, 0.25) is 0 Å². The third-order valence-corrected chi connectivity index (χ3v) is 3.51. The molecule has 0 amide bonds. The third-order valence-electron chi connectivity index (χ3n) is 3.51. The maximum absolute atomic E-state index is 11.8. The smallest absolute Gasteiger partial charge is 0.345 e. The fourth-order valence-electron chi connectivity index (χ4n) is 2.33.